The highest BCUT2D eigenvalue weighted by molar-refractivity contribution is 6.43. The van der Waals surface area contributed by atoms with E-state index in [0.29, 0.717) is 30.6 Å². The minimum absolute atomic E-state index is 0.00458. The monoisotopic (exact) mass is 361 g/mol. The topological polar surface area (TPSA) is 89.7 Å². The fourth-order valence-electron chi connectivity index (χ4n) is 1.83. The molecule has 126 valence electrons. The van der Waals surface area contributed by atoms with Crippen LogP contribution in [0.1, 0.15) is 38.2 Å². The summed E-state index contributed by atoms with van der Waals surface area (Å²) in [5.74, 6) is -0.584. The van der Waals surface area contributed by atoms with Crippen molar-refractivity contribution in [1.29, 1.82) is 0 Å². The van der Waals surface area contributed by atoms with E-state index >= 15 is 0 Å². The fraction of sp³-hybridized carbons (Fsp3) is 0.400. The Kier molecular flexibility index (Phi) is 7.85. The molecule has 1 aromatic carbocycles. The Morgan fingerprint density at radius 1 is 1.35 bits per heavy atom. The zero-order chi connectivity index (χ0) is 17.4. The standard InChI is InChI=1S/C15H17Cl2NO5/c1-2-4-11(18(21)22)9-10-6-7-12(15(17)14(10)16)23-8-3-5-13(19)20/h6-7,9H,2-5,8H2,1H3,(H,19,20)/b11-9+. The lowest BCUT2D eigenvalue weighted by Crippen LogP contribution is -2.02. The number of halogens is 2. The van der Waals surface area contributed by atoms with Crippen molar-refractivity contribution < 1.29 is 19.6 Å². The van der Waals surface area contributed by atoms with Crippen LogP contribution in [-0.2, 0) is 4.79 Å². The molecule has 6 nitrogen and oxygen atoms in total. The van der Waals surface area contributed by atoms with Gasteiger partial charge in [-0.25, -0.2) is 0 Å². The molecular weight excluding hydrogens is 345 g/mol. The molecule has 0 aromatic heterocycles. The number of aliphatic carboxylic acids is 1. The van der Waals surface area contributed by atoms with Crippen LogP contribution in [0.3, 0.4) is 0 Å². The number of rotatable bonds is 9. The molecule has 0 heterocycles. The maximum Gasteiger partial charge on any atom is 0.303 e. The van der Waals surface area contributed by atoms with Gasteiger partial charge >= 0.3 is 5.97 Å². The van der Waals surface area contributed by atoms with Gasteiger partial charge in [-0.2, -0.15) is 0 Å². The third kappa shape index (κ3) is 6.08. The normalized spacial score (nSPS) is 11.3. The van der Waals surface area contributed by atoms with Gasteiger partial charge in [-0.05, 0) is 25.0 Å². The lowest BCUT2D eigenvalue weighted by atomic mass is 10.1. The van der Waals surface area contributed by atoms with Crippen LogP contribution in [0, 0.1) is 10.1 Å². The number of benzene rings is 1. The summed E-state index contributed by atoms with van der Waals surface area (Å²) in [4.78, 5) is 21.0. The molecule has 0 unspecified atom stereocenters. The Morgan fingerprint density at radius 2 is 2.04 bits per heavy atom. The zero-order valence-electron chi connectivity index (χ0n) is 12.6. The molecule has 1 N–H and O–H groups in total. The van der Waals surface area contributed by atoms with Crippen molar-refractivity contribution >= 4 is 35.2 Å². The summed E-state index contributed by atoms with van der Waals surface area (Å²) in [7, 11) is 0. The second-order valence-corrected chi connectivity index (χ2v) is 5.53. The summed E-state index contributed by atoms with van der Waals surface area (Å²) in [6.45, 7) is 2.04. The number of allylic oxidation sites excluding steroid dienone is 1. The van der Waals surface area contributed by atoms with Crippen molar-refractivity contribution in [2.75, 3.05) is 6.61 Å². The van der Waals surface area contributed by atoms with Gasteiger partial charge in [-0.1, -0.05) is 30.1 Å². The molecule has 0 amide bonds. The van der Waals surface area contributed by atoms with E-state index in [0.717, 1.165) is 0 Å². The van der Waals surface area contributed by atoms with Crippen molar-refractivity contribution in [3.8, 4) is 5.75 Å². The molecule has 0 bridgehead atoms. The molecule has 0 saturated carbocycles. The van der Waals surface area contributed by atoms with Crippen LogP contribution in [-0.4, -0.2) is 22.6 Å². The van der Waals surface area contributed by atoms with Crippen LogP contribution in [0.4, 0.5) is 0 Å². The van der Waals surface area contributed by atoms with Gasteiger partial charge in [0.2, 0.25) is 5.70 Å². The average molecular weight is 362 g/mol. The van der Waals surface area contributed by atoms with Crippen LogP contribution in [0.25, 0.3) is 6.08 Å². The number of hydrogen-bond donors (Lipinski definition) is 1. The first-order valence-electron chi connectivity index (χ1n) is 7.04. The second kappa shape index (κ2) is 9.37. The third-order valence-electron chi connectivity index (χ3n) is 2.93. The van der Waals surface area contributed by atoms with E-state index in [-0.39, 0.29) is 28.8 Å². The highest BCUT2D eigenvalue weighted by Gasteiger charge is 2.14. The van der Waals surface area contributed by atoms with E-state index in [1.807, 2.05) is 6.92 Å². The Labute approximate surface area is 143 Å². The van der Waals surface area contributed by atoms with E-state index < -0.39 is 10.9 Å². The number of nitrogens with zero attached hydrogens (tertiary/aromatic N) is 1. The number of hydrogen-bond acceptors (Lipinski definition) is 4. The maximum atomic E-state index is 11.0. The fourth-order valence-corrected chi connectivity index (χ4v) is 2.26. The first kappa shape index (κ1) is 19.3. The number of ether oxygens (including phenoxy) is 1. The van der Waals surface area contributed by atoms with Crippen LogP contribution in [0.2, 0.25) is 10.0 Å². The molecule has 0 atom stereocenters. The largest absolute Gasteiger partial charge is 0.492 e. The summed E-state index contributed by atoms with van der Waals surface area (Å²) < 4.78 is 5.39. The van der Waals surface area contributed by atoms with Crippen LogP contribution >= 0.6 is 23.2 Å². The molecule has 0 fully saturated rings. The van der Waals surface area contributed by atoms with Crippen molar-refractivity contribution in [2.45, 2.75) is 32.6 Å². The molecule has 0 radical (unpaired) electrons. The lowest BCUT2D eigenvalue weighted by Gasteiger charge is -2.10. The molecule has 0 spiro atoms. The molecule has 0 saturated heterocycles. The van der Waals surface area contributed by atoms with Gasteiger partial charge in [0.1, 0.15) is 10.8 Å². The predicted molar refractivity (Wildman–Crippen MR) is 88.7 cm³/mol. The highest BCUT2D eigenvalue weighted by atomic mass is 35.5. The average Bonchev–Trinajstić information content (AvgIpc) is 2.49. The van der Waals surface area contributed by atoms with Crippen molar-refractivity contribution in [3.05, 3.63) is 43.6 Å². The Balaban J connectivity index is 2.90. The molecule has 0 aliphatic carbocycles. The van der Waals surface area contributed by atoms with Gasteiger partial charge in [0.05, 0.1) is 16.6 Å². The van der Waals surface area contributed by atoms with E-state index in [1.165, 1.54) is 6.08 Å². The first-order chi connectivity index (χ1) is 10.9. The van der Waals surface area contributed by atoms with E-state index in [9.17, 15) is 14.9 Å². The van der Waals surface area contributed by atoms with Crippen LogP contribution < -0.4 is 4.74 Å². The molecule has 0 aliphatic heterocycles. The highest BCUT2D eigenvalue weighted by Crippen LogP contribution is 2.36. The summed E-state index contributed by atoms with van der Waals surface area (Å²) >= 11 is 12.2. The smallest absolute Gasteiger partial charge is 0.303 e. The predicted octanol–water partition coefficient (Wildman–Crippen LogP) is 4.65. The SMILES string of the molecule is CCC/C(=C\c1ccc(OCCCC(=O)O)c(Cl)c1Cl)[N+](=O)[O-]. The van der Waals surface area contributed by atoms with Crippen LogP contribution in [0.5, 0.6) is 5.75 Å². The lowest BCUT2D eigenvalue weighted by molar-refractivity contribution is -0.426. The number of carboxylic acids is 1. The molecule has 1 rings (SSSR count). The van der Waals surface area contributed by atoms with E-state index in [4.69, 9.17) is 33.0 Å². The zero-order valence-corrected chi connectivity index (χ0v) is 14.1. The molecule has 1 aromatic rings. The Hall–Kier alpha value is -1.79. The third-order valence-corrected chi connectivity index (χ3v) is 3.81. The van der Waals surface area contributed by atoms with E-state index in [2.05, 4.69) is 0 Å². The van der Waals surface area contributed by atoms with E-state index in [1.54, 1.807) is 12.1 Å². The minimum atomic E-state index is -0.901. The van der Waals surface area contributed by atoms with Crippen molar-refractivity contribution in [1.82, 2.24) is 0 Å². The van der Waals surface area contributed by atoms with Gasteiger partial charge in [0.25, 0.3) is 0 Å². The summed E-state index contributed by atoms with van der Waals surface area (Å²) in [6.07, 6.45) is 2.70. The van der Waals surface area contributed by atoms with Gasteiger partial charge in [-0.15, -0.1) is 0 Å². The van der Waals surface area contributed by atoms with Gasteiger partial charge < -0.3 is 9.84 Å². The number of nitro groups is 1. The van der Waals surface area contributed by atoms with Crippen LogP contribution in [0.15, 0.2) is 17.8 Å². The maximum absolute atomic E-state index is 11.0. The second-order valence-electron chi connectivity index (χ2n) is 4.77. The van der Waals surface area contributed by atoms with Gasteiger partial charge in [0, 0.05) is 24.5 Å². The van der Waals surface area contributed by atoms with Crippen molar-refractivity contribution in [3.63, 3.8) is 0 Å². The number of carboxylic acid groups (broad SMARTS) is 1. The van der Waals surface area contributed by atoms with Gasteiger partial charge in [-0.3, -0.25) is 14.9 Å². The number of carbonyl (C=O) groups is 1. The molecule has 8 heteroatoms. The molecule has 23 heavy (non-hydrogen) atoms. The first-order valence-corrected chi connectivity index (χ1v) is 7.80. The Morgan fingerprint density at radius 3 is 2.61 bits per heavy atom. The Bertz CT molecular complexity index is 616. The summed E-state index contributed by atoms with van der Waals surface area (Å²) in [5.41, 5.74) is 0.496. The molecular formula is C15H17Cl2NO5. The molecule has 0 aliphatic rings. The summed E-state index contributed by atoms with van der Waals surface area (Å²) in [6, 6.07) is 3.14. The summed E-state index contributed by atoms with van der Waals surface area (Å²) in [5, 5.41) is 19.8. The van der Waals surface area contributed by atoms with Gasteiger partial charge in [0.15, 0.2) is 0 Å². The van der Waals surface area contributed by atoms with Crippen molar-refractivity contribution in [2.24, 2.45) is 0 Å². The quantitative estimate of drug-likeness (QED) is 0.392. The minimum Gasteiger partial charge on any atom is -0.492 e.